The van der Waals surface area contributed by atoms with Crippen LogP contribution in [0.1, 0.15) is 55.6 Å². The van der Waals surface area contributed by atoms with Crippen LogP contribution in [0.5, 0.6) is 0 Å². The fraction of sp³-hybridized carbons (Fsp3) is 0.379. The number of nitrogens with one attached hydrogen (secondary N) is 1. The highest BCUT2D eigenvalue weighted by molar-refractivity contribution is 6.35. The molecule has 37 heavy (non-hydrogen) atoms. The molecule has 198 valence electrons. The lowest BCUT2D eigenvalue weighted by atomic mass is 9.77. The van der Waals surface area contributed by atoms with Crippen LogP contribution in [0.25, 0.3) is 16.9 Å². The van der Waals surface area contributed by atoms with Gasteiger partial charge in [-0.2, -0.15) is 5.10 Å². The molecule has 0 saturated heterocycles. The lowest BCUT2D eigenvalue weighted by Gasteiger charge is -2.30. The second kappa shape index (κ2) is 13.5. The number of hydrogen-bond acceptors (Lipinski definition) is 3. The normalized spacial score (nSPS) is 11.5. The Balaban J connectivity index is 1.74. The summed E-state index contributed by atoms with van der Waals surface area (Å²) in [5.41, 5.74) is 3.51. The topological polar surface area (TPSA) is 56.1 Å². The number of halogens is 3. The molecule has 0 aliphatic heterocycles. The second-order valence-corrected chi connectivity index (χ2v) is 10.4. The van der Waals surface area contributed by atoms with E-state index in [-0.39, 0.29) is 11.3 Å². The fourth-order valence-corrected chi connectivity index (χ4v) is 5.11. The van der Waals surface area contributed by atoms with Crippen molar-refractivity contribution in [1.29, 1.82) is 0 Å². The van der Waals surface area contributed by atoms with E-state index in [1.807, 2.05) is 25.1 Å². The van der Waals surface area contributed by atoms with Crippen molar-refractivity contribution in [1.82, 2.24) is 15.1 Å². The molecule has 1 heterocycles. The molecular formula is C29H34Cl3N3O2. The largest absolute Gasteiger partial charge is 0.380 e. The number of ether oxygens (including phenoxy) is 1. The predicted molar refractivity (Wildman–Crippen MR) is 154 cm³/mol. The van der Waals surface area contributed by atoms with Gasteiger partial charge in [0.15, 0.2) is 5.69 Å². The predicted octanol–water partition coefficient (Wildman–Crippen LogP) is 8.33. The molecule has 3 rings (SSSR count). The first-order valence-electron chi connectivity index (χ1n) is 12.5. The van der Waals surface area contributed by atoms with Crippen molar-refractivity contribution in [3.63, 3.8) is 0 Å². The maximum atomic E-state index is 13.1. The van der Waals surface area contributed by atoms with Crippen molar-refractivity contribution < 1.29 is 9.53 Å². The number of hydrogen-bond donors (Lipinski definition) is 1. The highest BCUT2D eigenvalue weighted by Gasteiger charge is 2.25. The van der Waals surface area contributed by atoms with Gasteiger partial charge in [-0.15, -0.1) is 6.58 Å². The SMILES string of the molecule is C=CCC(CC)(CC)CCOCCNC(=O)c1nn(-c2ccc(Cl)cc2Cl)c(-c2ccc(Cl)cc2)c1C. The van der Waals surface area contributed by atoms with Crippen LogP contribution in [0.4, 0.5) is 0 Å². The molecule has 0 saturated carbocycles. The van der Waals surface area contributed by atoms with Gasteiger partial charge in [-0.05, 0) is 55.5 Å². The van der Waals surface area contributed by atoms with Crippen LogP contribution in [0, 0.1) is 12.3 Å². The van der Waals surface area contributed by atoms with Crippen molar-refractivity contribution >= 4 is 40.7 Å². The zero-order valence-electron chi connectivity index (χ0n) is 21.6. The van der Waals surface area contributed by atoms with Crippen LogP contribution >= 0.6 is 34.8 Å². The van der Waals surface area contributed by atoms with E-state index in [2.05, 4.69) is 30.8 Å². The Morgan fingerprint density at radius 1 is 1.08 bits per heavy atom. The van der Waals surface area contributed by atoms with Crippen LogP contribution in [0.15, 0.2) is 55.1 Å². The number of rotatable bonds is 13. The maximum absolute atomic E-state index is 13.1. The van der Waals surface area contributed by atoms with Gasteiger partial charge < -0.3 is 10.1 Å². The van der Waals surface area contributed by atoms with Crippen molar-refractivity contribution in [2.24, 2.45) is 5.41 Å². The maximum Gasteiger partial charge on any atom is 0.272 e. The van der Waals surface area contributed by atoms with Gasteiger partial charge in [0, 0.05) is 34.3 Å². The summed E-state index contributed by atoms with van der Waals surface area (Å²) in [7, 11) is 0. The van der Waals surface area contributed by atoms with Gasteiger partial charge in [0.1, 0.15) is 0 Å². The van der Waals surface area contributed by atoms with E-state index >= 15 is 0 Å². The van der Waals surface area contributed by atoms with Crippen molar-refractivity contribution in [3.8, 4) is 16.9 Å². The van der Waals surface area contributed by atoms with Gasteiger partial charge in [-0.1, -0.05) is 79.7 Å². The quantitative estimate of drug-likeness (QED) is 0.168. The van der Waals surface area contributed by atoms with Gasteiger partial charge in [-0.25, -0.2) is 4.68 Å². The lowest BCUT2D eigenvalue weighted by molar-refractivity contribution is 0.0819. The first kappa shape index (κ1) is 29.2. The third-order valence-electron chi connectivity index (χ3n) is 6.98. The van der Waals surface area contributed by atoms with Crippen LogP contribution in [-0.4, -0.2) is 35.4 Å². The van der Waals surface area contributed by atoms with Crippen molar-refractivity contribution in [3.05, 3.63) is 81.4 Å². The molecule has 3 aromatic rings. The zero-order valence-corrected chi connectivity index (χ0v) is 23.9. The summed E-state index contributed by atoms with van der Waals surface area (Å²) in [5.74, 6) is -0.275. The minimum absolute atomic E-state index is 0.232. The highest BCUT2D eigenvalue weighted by atomic mass is 35.5. The Hall–Kier alpha value is -2.31. The number of allylic oxidation sites excluding steroid dienone is 1. The van der Waals surface area contributed by atoms with Crippen molar-refractivity contribution in [2.75, 3.05) is 19.8 Å². The average Bonchev–Trinajstić information content (AvgIpc) is 3.22. The Morgan fingerprint density at radius 2 is 1.76 bits per heavy atom. The average molecular weight is 563 g/mol. The summed E-state index contributed by atoms with van der Waals surface area (Å²) in [6.07, 6.45) is 6.12. The molecule has 1 aromatic heterocycles. The Kier molecular flexibility index (Phi) is 10.7. The molecule has 2 aromatic carbocycles. The monoisotopic (exact) mass is 561 g/mol. The number of aromatic nitrogens is 2. The summed E-state index contributed by atoms with van der Waals surface area (Å²) < 4.78 is 7.52. The molecule has 1 N–H and O–H groups in total. The number of carbonyl (C=O) groups is 1. The van der Waals surface area contributed by atoms with Gasteiger partial charge in [0.05, 0.1) is 23.0 Å². The zero-order chi connectivity index (χ0) is 27.0. The molecule has 5 nitrogen and oxygen atoms in total. The van der Waals surface area contributed by atoms with Crippen molar-refractivity contribution in [2.45, 2.75) is 46.5 Å². The number of amides is 1. The fourth-order valence-electron chi connectivity index (χ4n) is 4.50. The van der Waals surface area contributed by atoms with E-state index in [9.17, 15) is 4.79 Å². The van der Waals surface area contributed by atoms with E-state index in [0.717, 1.165) is 42.5 Å². The van der Waals surface area contributed by atoms with E-state index < -0.39 is 0 Å². The summed E-state index contributed by atoms with van der Waals surface area (Å²) in [6, 6.07) is 12.6. The molecular weight excluding hydrogens is 529 g/mol. The summed E-state index contributed by atoms with van der Waals surface area (Å²) in [6.45, 7) is 11.7. The number of carbonyl (C=O) groups excluding carboxylic acids is 1. The molecule has 0 fully saturated rings. The molecule has 8 heteroatoms. The van der Waals surface area contributed by atoms with Gasteiger partial charge in [0.25, 0.3) is 5.91 Å². The Bertz CT molecular complexity index is 1220. The third-order valence-corrected chi connectivity index (χ3v) is 7.77. The smallest absolute Gasteiger partial charge is 0.272 e. The molecule has 0 unspecified atom stereocenters. The summed E-state index contributed by atoms with van der Waals surface area (Å²) >= 11 is 18.7. The minimum atomic E-state index is -0.275. The molecule has 0 aliphatic rings. The van der Waals surface area contributed by atoms with E-state index in [0.29, 0.717) is 46.2 Å². The molecule has 0 radical (unpaired) electrons. The summed E-state index contributed by atoms with van der Waals surface area (Å²) in [5, 5.41) is 9.15. The lowest BCUT2D eigenvalue weighted by Crippen LogP contribution is -2.29. The third kappa shape index (κ3) is 7.17. The Labute approximate surface area is 234 Å². The van der Waals surface area contributed by atoms with E-state index in [1.165, 1.54) is 0 Å². The van der Waals surface area contributed by atoms with Crippen LogP contribution in [0.3, 0.4) is 0 Å². The minimum Gasteiger partial charge on any atom is -0.380 e. The molecule has 0 bridgehead atoms. The first-order valence-corrected chi connectivity index (χ1v) is 13.7. The highest BCUT2D eigenvalue weighted by Crippen LogP contribution is 2.35. The number of benzene rings is 2. The molecule has 1 amide bonds. The molecule has 0 spiro atoms. The Morgan fingerprint density at radius 3 is 2.38 bits per heavy atom. The van der Waals surface area contributed by atoms with Gasteiger partial charge >= 0.3 is 0 Å². The first-order chi connectivity index (χ1) is 17.7. The van der Waals surface area contributed by atoms with Gasteiger partial charge in [-0.3, -0.25) is 4.79 Å². The number of nitrogens with zero attached hydrogens (tertiary/aromatic N) is 2. The molecule has 0 atom stereocenters. The van der Waals surface area contributed by atoms with Gasteiger partial charge in [0.2, 0.25) is 0 Å². The van der Waals surface area contributed by atoms with E-state index in [4.69, 9.17) is 39.5 Å². The van der Waals surface area contributed by atoms with Crippen LogP contribution < -0.4 is 5.32 Å². The van der Waals surface area contributed by atoms with Crippen LogP contribution in [-0.2, 0) is 4.74 Å². The summed E-state index contributed by atoms with van der Waals surface area (Å²) in [4.78, 5) is 13.1. The van der Waals surface area contributed by atoms with Crippen LogP contribution in [0.2, 0.25) is 15.1 Å². The standard InChI is InChI=1S/C29H34Cl3N3O2/c1-5-14-29(6-2,7-3)15-17-37-18-16-33-28(36)26-20(4)27(21-8-10-22(30)11-9-21)35(34-26)25-13-12-23(31)19-24(25)32/h5,8-13,19H,1,6-7,14-18H2,2-4H3,(H,33,36). The molecule has 0 aliphatic carbocycles. The second-order valence-electron chi connectivity index (χ2n) is 9.15. The van der Waals surface area contributed by atoms with E-state index in [1.54, 1.807) is 35.0 Å².